The van der Waals surface area contributed by atoms with E-state index in [-0.39, 0.29) is 23.2 Å². The van der Waals surface area contributed by atoms with Crippen LogP contribution in [0.4, 0.5) is 4.79 Å². The number of piperidine rings is 1. The highest BCUT2D eigenvalue weighted by Gasteiger charge is 2.46. The molecule has 0 saturated carbocycles. The second-order valence-corrected chi connectivity index (χ2v) is 7.78. The van der Waals surface area contributed by atoms with E-state index in [1.807, 2.05) is 17.0 Å². The Hall–Kier alpha value is -1.55. The normalized spacial score (nSPS) is 20.7. The zero-order valence-electron chi connectivity index (χ0n) is 14.4. The average molecular weight is 303 g/mol. The van der Waals surface area contributed by atoms with Crippen molar-refractivity contribution in [3.05, 3.63) is 35.4 Å². The molecule has 0 atom stereocenters. The highest BCUT2D eigenvalue weighted by atomic mass is 16.2. The second kappa shape index (κ2) is 5.92. The van der Waals surface area contributed by atoms with Crippen molar-refractivity contribution in [3.63, 3.8) is 0 Å². The Morgan fingerprint density at radius 1 is 1.27 bits per heavy atom. The number of nitrogens with zero attached hydrogens (tertiary/aromatic N) is 1. The standard InChI is InChI=1S/C18H29N3O/c1-13-7-6-8-14(9-13)12-20-16(22)21-17(2,3)10-15(19)11-18(21,4)5/h6-9,15H,10-12,19H2,1-5H3,(H,20,22). The molecule has 2 amide bonds. The minimum Gasteiger partial charge on any atom is -0.334 e. The van der Waals surface area contributed by atoms with Gasteiger partial charge in [0.05, 0.1) is 0 Å². The second-order valence-electron chi connectivity index (χ2n) is 7.78. The van der Waals surface area contributed by atoms with Crippen molar-refractivity contribution in [2.24, 2.45) is 5.73 Å². The molecular weight excluding hydrogens is 274 g/mol. The van der Waals surface area contributed by atoms with Crippen LogP contribution in [0.1, 0.15) is 51.7 Å². The molecule has 0 aromatic heterocycles. The van der Waals surface area contributed by atoms with Crippen molar-refractivity contribution in [1.29, 1.82) is 0 Å². The minimum absolute atomic E-state index is 0.0107. The molecule has 0 unspecified atom stereocenters. The molecule has 1 saturated heterocycles. The third-order valence-corrected chi connectivity index (χ3v) is 4.46. The van der Waals surface area contributed by atoms with Gasteiger partial charge in [-0.3, -0.25) is 0 Å². The van der Waals surface area contributed by atoms with Gasteiger partial charge in [0.25, 0.3) is 0 Å². The summed E-state index contributed by atoms with van der Waals surface area (Å²) < 4.78 is 0. The summed E-state index contributed by atoms with van der Waals surface area (Å²) in [7, 11) is 0. The molecule has 3 N–H and O–H groups in total. The number of nitrogens with one attached hydrogen (secondary N) is 1. The van der Waals surface area contributed by atoms with Crippen molar-refractivity contribution in [2.75, 3.05) is 0 Å². The molecule has 22 heavy (non-hydrogen) atoms. The largest absolute Gasteiger partial charge is 0.334 e. The van der Waals surface area contributed by atoms with Gasteiger partial charge in [0.2, 0.25) is 0 Å². The molecule has 1 heterocycles. The van der Waals surface area contributed by atoms with E-state index in [0.29, 0.717) is 6.54 Å². The molecule has 0 aliphatic carbocycles. The quantitative estimate of drug-likeness (QED) is 0.881. The van der Waals surface area contributed by atoms with Crippen molar-refractivity contribution >= 4 is 6.03 Å². The summed E-state index contributed by atoms with van der Waals surface area (Å²) in [5, 5.41) is 3.07. The summed E-state index contributed by atoms with van der Waals surface area (Å²) in [5.74, 6) is 0. The van der Waals surface area contributed by atoms with E-state index in [0.717, 1.165) is 18.4 Å². The van der Waals surface area contributed by atoms with Crippen LogP contribution in [0.5, 0.6) is 0 Å². The highest BCUT2D eigenvalue weighted by Crippen LogP contribution is 2.37. The van der Waals surface area contributed by atoms with Crippen LogP contribution in [0.3, 0.4) is 0 Å². The zero-order valence-corrected chi connectivity index (χ0v) is 14.4. The number of likely N-dealkylation sites (tertiary alicyclic amines) is 1. The Morgan fingerprint density at radius 2 is 1.86 bits per heavy atom. The fourth-order valence-electron chi connectivity index (χ4n) is 3.99. The molecule has 0 spiro atoms. The molecule has 1 fully saturated rings. The van der Waals surface area contributed by atoms with Gasteiger partial charge in [-0.15, -0.1) is 0 Å². The van der Waals surface area contributed by atoms with Crippen LogP contribution in [0.2, 0.25) is 0 Å². The summed E-state index contributed by atoms with van der Waals surface area (Å²) in [6, 6.07) is 8.35. The molecule has 4 nitrogen and oxygen atoms in total. The number of urea groups is 1. The lowest BCUT2D eigenvalue weighted by molar-refractivity contribution is 0.00299. The summed E-state index contributed by atoms with van der Waals surface area (Å²) in [6.07, 6.45) is 1.66. The van der Waals surface area contributed by atoms with Crippen LogP contribution < -0.4 is 11.1 Å². The fraction of sp³-hybridized carbons (Fsp3) is 0.611. The predicted octanol–water partition coefficient (Wildman–Crippen LogP) is 3.18. The van der Waals surface area contributed by atoms with Gasteiger partial charge >= 0.3 is 6.03 Å². The summed E-state index contributed by atoms with van der Waals surface area (Å²) in [4.78, 5) is 14.7. The molecule has 1 aromatic rings. The lowest BCUT2D eigenvalue weighted by atomic mass is 9.77. The molecule has 1 aromatic carbocycles. The summed E-state index contributed by atoms with van der Waals surface area (Å²) >= 11 is 0. The summed E-state index contributed by atoms with van der Waals surface area (Å²) in [5.41, 5.74) is 8.02. The van der Waals surface area contributed by atoms with Gasteiger partial charge in [0.15, 0.2) is 0 Å². The molecule has 0 bridgehead atoms. The molecule has 122 valence electrons. The number of hydrogen-bond donors (Lipinski definition) is 2. The lowest BCUT2D eigenvalue weighted by Crippen LogP contribution is -2.66. The first-order valence-corrected chi connectivity index (χ1v) is 8.01. The van der Waals surface area contributed by atoms with Crippen LogP contribution in [0, 0.1) is 6.92 Å². The first-order chi connectivity index (χ1) is 10.1. The van der Waals surface area contributed by atoms with Crippen molar-refractivity contribution in [3.8, 4) is 0 Å². The molecule has 0 radical (unpaired) electrons. The Labute approximate surface area is 134 Å². The van der Waals surface area contributed by atoms with Crippen LogP contribution >= 0.6 is 0 Å². The van der Waals surface area contributed by atoms with Gasteiger partial charge in [-0.2, -0.15) is 0 Å². The topological polar surface area (TPSA) is 58.4 Å². The maximum absolute atomic E-state index is 12.8. The van der Waals surface area contributed by atoms with E-state index in [2.05, 4.69) is 52.1 Å². The van der Waals surface area contributed by atoms with Crippen molar-refractivity contribution in [2.45, 2.75) is 71.1 Å². The Morgan fingerprint density at radius 3 is 2.41 bits per heavy atom. The third kappa shape index (κ3) is 3.61. The monoisotopic (exact) mass is 303 g/mol. The minimum atomic E-state index is -0.238. The number of carbonyl (C=O) groups excluding carboxylic acids is 1. The predicted molar refractivity (Wildman–Crippen MR) is 90.6 cm³/mol. The van der Waals surface area contributed by atoms with E-state index in [9.17, 15) is 4.79 Å². The number of amides is 2. The van der Waals surface area contributed by atoms with Crippen molar-refractivity contribution in [1.82, 2.24) is 10.2 Å². The fourth-order valence-corrected chi connectivity index (χ4v) is 3.99. The van der Waals surface area contributed by atoms with E-state index < -0.39 is 0 Å². The third-order valence-electron chi connectivity index (χ3n) is 4.46. The van der Waals surface area contributed by atoms with Gasteiger partial charge in [0, 0.05) is 23.7 Å². The Bertz CT molecular complexity index is 533. The number of hydrogen-bond acceptors (Lipinski definition) is 2. The smallest absolute Gasteiger partial charge is 0.318 e. The van der Waals surface area contributed by atoms with Gasteiger partial charge in [-0.05, 0) is 53.0 Å². The van der Waals surface area contributed by atoms with Crippen LogP contribution in [-0.4, -0.2) is 28.1 Å². The van der Waals surface area contributed by atoms with E-state index in [4.69, 9.17) is 5.73 Å². The SMILES string of the molecule is Cc1cccc(CNC(=O)N2C(C)(C)CC(N)CC2(C)C)c1. The number of rotatable bonds is 2. The lowest BCUT2D eigenvalue weighted by Gasteiger charge is -2.54. The first kappa shape index (κ1) is 16.8. The average Bonchev–Trinajstić information content (AvgIpc) is 2.32. The van der Waals surface area contributed by atoms with Crippen molar-refractivity contribution < 1.29 is 4.79 Å². The molecule has 1 aliphatic rings. The van der Waals surface area contributed by atoms with Gasteiger partial charge in [0.1, 0.15) is 0 Å². The van der Waals surface area contributed by atoms with Gasteiger partial charge in [-0.25, -0.2) is 4.79 Å². The maximum Gasteiger partial charge on any atom is 0.318 e. The molecular formula is C18H29N3O. The van der Waals surface area contributed by atoms with Crippen LogP contribution in [-0.2, 0) is 6.54 Å². The van der Waals surface area contributed by atoms with E-state index >= 15 is 0 Å². The first-order valence-electron chi connectivity index (χ1n) is 8.01. The molecule has 4 heteroatoms. The van der Waals surface area contributed by atoms with Gasteiger partial charge < -0.3 is 16.0 Å². The number of carbonyl (C=O) groups is 1. The molecule has 1 aliphatic heterocycles. The maximum atomic E-state index is 12.8. The molecule has 2 rings (SSSR count). The Kier molecular flexibility index (Phi) is 4.52. The highest BCUT2D eigenvalue weighted by molar-refractivity contribution is 5.76. The zero-order chi connectivity index (χ0) is 16.5. The number of nitrogens with two attached hydrogens (primary N) is 1. The van der Waals surface area contributed by atoms with Crippen LogP contribution in [0.15, 0.2) is 24.3 Å². The van der Waals surface area contributed by atoms with Crippen LogP contribution in [0.25, 0.3) is 0 Å². The summed E-state index contributed by atoms with van der Waals surface area (Å²) in [6.45, 7) is 11.0. The van der Waals surface area contributed by atoms with E-state index in [1.54, 1.807) is 0 Å². The number of aryl methyl sites for hydroxylation is 1. The van der Waals surface area contributed by atoms with Gasteiger partial charge in [-0.1, -0.05) is 29.8 Å². The van der Waals surface area contributed by atoms with E-state index in [1.165, 1.54) is 5.56 Å². The Balaban J connectivity index is 2.10. The number of benzene rings is 1.